The van der Waals surface area contributed by atoms with E-state index < -0.39 is 22.7 Å². The molecule has 0 unspecified atom stereocenters. The third-order valence-corrected chi connectivity index (χ3v) is 4.47. The number of fused-ring (bicyclic) bond motifs is 1. The Bertz CT molecular complexity index is 1100. The molecule has 0 spiro atoms. The number of benzene rings is 1. The molecule has 0 saturated heterocycles. The first-order chi connectivity index (χ1) is 12.7. The predicted molar refractivity (Wildman–Crippen MR) is 98.2 cm³/mol. The number of halogens is 3. The summed E-state index contributed by atoms with van der Waals surface area (Å²) in [4.78, 5) is 18.9. The molecule has 9 heteroatoms. The molecule has 1 aromatic carbocycles. The van der Waals surface area contributed by atoms with Crippen LogP contribution in [0, 0.1) is 4.77 Å². The third kappa shape index (κ3) is 3.73. The number of aromatic hydroxyl groups is 1. The van der Waals surface area contributed by atoms with Crippen molar-refractivity contribution in [3.63, 3.8) is 0 Å². The summed E-state index contributed by atoms with van der Waals surface area (Å²) < 4.78 is 42.5. The topological polar surface area (TPSA) is 70.9 Å². The molecule has 0 radical (unpaired) electrons. The van der Waals surface area contributed by atoms with Crippen LogP contribution in [0.1, 0.15) is 25.3 Å². The van der Waals surface area contributed by atoms with Crippen molar-refractivity contribution < 1.29 is 18.3 Å². The number of nitrogens with zero attached hydrogens (tertiary/aromatic N) is 2. The number of unbranched alkanes of at least 4 members (excludes halogenated alkanes) is 1. The Morgan fingerprint density at radius 3 is 2.52 bits per heavy atom. The Labute approximate surface area is 157 Å². The Kier molecular flexibility index (Phi) is 5.05. The third-order valence-electron chi connectivity index (χ3n) is 4.15. The SMILES string of the molecule is CCCCn1c(=S)[nH]c(=O)c2c(C(F)(F)F)cc(-c3ccc(O)cc3)nc21. The largest absolute Gasteiger partial charge is 0.508 e. The van der Waals surface area contributed by atoms with Gasteiger partial charge in [0.1, 0.15) is 11.4 Å². The average molecular weight is 395 g/mol. The van der Waals surface area contributed by atoms with Gasteiger partial charge in [-0.3, -0.25) is 9.78 Å². The molecular weight excluding hydrogens is 379 g/mol. The lowest BCUT2D eigenvalue weighted by molar-refractivity contribution is -0.136. The zero-order chi connectivity index (χ0) is 19.8. The average Bonchev–Trinajstić information content (AvgIpc) is 2.60. The number of nitrogens with one attached hydrogen (secondary N) is 1. The highest BCUT2D eigenvalue weighted by Gasteiger charge is 2.35. The van der Waals surface area contributed by atoms with Crippen LogP contribution in [0.15, 0.2) is 35.1 Å². The minimum absolute atomic E-state index is 0.0158. The van der Waals surface area contributed by atoms with Gasteiger partial charge in [0.15, 0.2) is 4.77 Å². The van der Waals surface area contributed by atoms with Gasteiger partial charge in [-0.1, -0.05) is 13.3 Å². The number of pyridine rings is 1. The maximum Gasteiger partial charge on any atom is 0.417 e. The molecule has 0 aliphatic carbocycles. The number of aromatic amines is 1. The highest BCUT2D eigenvalue weighted by molar-refractivity contribution is 7.71. The van der Waals surface area contributed by atoms with Crippen LogP contribution in [-0.2, 0) is 12.7 Å². The Morgan fingerprint density at radius 1 is 1.26 bits per heavy atom. The Hall–Kier alpha value is -2.68. The minimum atomic E-state index is -4.74. The van der Waals surface area contributed by atoms with E-state index >= 15 is 0 Å². The van der Waals surface area contributed by atoms with Crippen LogP contribution in [0.25, 0.3) is 22.3 Å². The molecule has 0 atom stereocenters. The second-order valence-electron chi connectivity index (χ2n) is 6.06. The first-order valence-electron chi connectivity index (χ1n) is 8.27. The van der Waals surface area contributed by atoms with Crippen molar-refractivity contribution in [3.05, 3.63) is 51.0 Å². The van der Waals surface area contributed by atoms with Crippen LogP contribution in [0.3, 0.4) is 0 Å². The Morgan fingerprint density at radius 2 is 1.93 bits per heavy atom. The summed E-state index contributed by atoms with van der Waals surface area (Å²) in [7, 11) is 0. The molecule has 0 aliphatic heterocycles. The van der Waals surface area contributed by atoms with Gasteiger partial charge < -0.3 is 9.67 Å². The highest BCUT2D eigenvalue weighted by Crippen LogP contribution is 2.35. The number of aromatic nitrogens is 3. The van der Waals surface area contributed by atoms with Gasteiger partial charge in [0, 0.05) is 12.1 Å². The van der Waals surface area contributed by atoms with Gasteiger partial charge in [-0.2, -0.15) is 13.2 Å². The second-order valence-corrected chi connectivity index (χ2v) is 6.45. The number of rotatable bonds is 4. The quantitative estimate of drug-likeness (QED) is 0.631. The number of hydrogen-bond acceptors (Lipinski definition) is 4. The lowest BCUT2D eigenvalue weighted by atomic mass is 10.1. The van der Waals surface area contributed by atoms with Crippen molar-refractivity contribution in [1.82, 2.24) is 14.5 Å². The van der Waals surface area contributed by atoms with Crippen molar-refractivity contribution in [3.8, 4) is 17.0 Å². The molecule has 142 valence electrons. The lowest BCUT2D eigenvalue weighted by Crippen LogP contribution is -2.20. The molecule has 5 nitrogen and oxygen atoms in total. The molecule has 0 bridgehead atoms. The molecule has 3 aromatic rings. The maximum atomic E-state index is 13.7. The van der Waals surface area contributed by atoms with Crippen LogP contribution in [0.5, 0.6) is 5.75 Å². The van der Waals surface area contributed by atoms with E-state index in [1.165, 1.54) is 28.8 Å². The second kappa shape index (κ2) is 7.15. The van der Waals surface area contributed by atoms with Crippen LogP contribution < -0.4 is 5.56 Å². The summed E-state index contributed by atoms with van der Waals surface area (Å²) >= 11 is 5.15. The molecular formula is C18H16F3N3O2S. The van der Waals surface area contributed by atoms with Gasteiger partial charge in [0.05, 0.1) is 16.6 Å². The number of phenols is 1. The van der Waals surface area contributed by atoms with E-state index in [-0.39, 0.29) is 21.9 Å². The first-order valence-corrected chi connectivity index (χ1v) is 8.67. The van der Waals surface area contributed by atoms with Gasteiger partial charge in [-0.25, -0.2) is 4.98 Å². The van der Waals surface area contributed by atoms with E-state index in [1.807, 2.05) is 6.92 Å². The fourth-order valence-corrected chi connectivity index (χ4v) is 3.07. The summed E-state index contributed by atoms with van der Waals surface area (Å²) in [6.07, 6.45) is -3.28. The summed E-state index contributed by atoms with van der Waals surface area (Å²) in [5.74, 6) is -0.0158. The van der Waals surface area contributed by atoms with Crippen molar-refractivity contribution in [1.29, 1.82) is 0 Å². The predicted octanol–water partition coefficient (Wildman–Crippen LogP) is 4.65. The lowest BCUT2D eigenvalue weighted by Gasteiger charge is -2.16. The number of H-pyrrole nitrogens is 1. The van der Waals surface area contributed by atoms with E-state index in [2.05, 4.69) is 9.97 Å². The van der Waals surface area contributed by atoms with Crippen LogP contribution in [-0.4, -0.2) is 19.6 Å². The molecule has 0 aliphatic rings. The zero-order valence-electron chi connectivity index (χ0n) is 14.3. The van der Waals surface area contributed by atoms with Crippen LogP contribution >= 0.6 is 12.2 Å². The molecule has 2 aromatic heterocycles. The van der Waals surface area contributed by atoms with Gasteiger partial charge in [0.25, 0.3) is 5.56 Å². The smallest absolute Gasteiger partial charge is 0.417 e. The fourth-order valence-electron chi connectivity index (χ4n) is 2.80. The van der Waals surface area contributed by atoms with Gasteiger partial charge >= 0.3 is 6.18 Å². The van der Waals surface area contributed by atoms with E-state index in [1.54, 1.807) is 0 Å². The van der Waals surface area contributed by atoms with Crippen molar-refractivity contribution in [2.45, 2.75) is 32.5 Å². The van der Waals surface area contributed by atoms with E-state index in [4.69, 9.17) is 12.2 Å². The standard InChI is InChI=1S/C18H16F3N3O2S/c1-2-3-8-24-15-14(16(26)23-17(24)27)12(18(19,20)21)9-13(22-15)10-4-6-11(25)7-5-10/h4-7,9,25H,2-3,8H2,1H3,(H,23,26,27). The summed E-state index contributed by atoms with van der Waals surface area (Å²) in [6.45, 7) is 2.28. The summed E-state index contributed by atoms with van der Waals surface area (Å²) in [5, 5.41) is 8.88. The molecule has 27 heavy (non-hydrogen) atoms. The summed E-state index contributed by atoms with van der Waals surface area (Å²) in [5.41, 5.74) is -1.67. The molecule has 3 rings (SSSR count). The number of alkyl halides is 3. The zero-order valence-corrected chi connectivity index (χ0v) is 15.1. The van der Waals surface area contributed by atoms with Gasteiger partial charge in [0.2, 0.25) is 0 Å². The van der Waals surface area contributed by atoms with Crippen molar-refractivity contribution in [2.24, 2.45) is 0 Å². The molecule has 0 fully saturated rings. The number of hydrogen-bond donors (Lipinski definition) is 2. The molecule has 2 N–H and O–H groups in total. The Balaban J connectivity index is 2.42. The van der Waals surface area contributed by atoms with Crippen molar-refractivity contribution in [2.75, 3.05) is 0 Å². The van der Waals surface area contributed by atoms with Crippen LogP contribution in [0.4, 0.5) is 13.2 Å². The fraction of sp³-hybridized carbons (Fsp3) is 0.278. The number of phenolic OH excluding ortho intramolecular Hbond substituents is 1. The van der Waals surface area contributed by atoms with Gasteiger partial charge in [-0.15, -0.1) is 0 Å². The number of aryl methyl sites for hydroxylation is 1. The highest BCUT2D eigenvalue weighted by atomic mass is 32.1. The van der Waals surface area contributed by atoms with E-state index in [0.717, 1.165) is 12.5 Å². The first kappa shape index (κ1) is 19.1. The van der Waals surface area contributed by atoms with E-state index in [9.17, 15) is 23.1 Å². The molecule has 0 amide bonds. The molecule has 2 heterocycles. The minimum Gasteiger partial charge on any atom is -0.508 e. The maximum absolute atomic E-state index is 13.7. The molecule has 0 saturated carbocycles. The van der Waals surface area contributed by atoms with Gasteiger partial charge in [-0.05, 0) is 49.0 Å². The normalized spacial score (nSPS) is 11.9. The van der Waals surface area contributed by atoms with Crippen molar-refractivity contribution >= 4 is 23.3 Å². The summed E-state index contributed by atoms with van der Waals surface area (Å²) in [6, 6.07) is 6.48. The van der Waals surface area contributed by atoms with E-state index in [0.29, 0.717) is 18.5 Å². The van der Waals surface area contributed by atoms with Crippen LogP contribution in [0.2, 0.25) is 0 Å². The monoisotopic (exact) mass is 395 g/mol.